The van der Waals surface area contributed by atoms with Crippen LogP contribution >= 0.6 is 0 Å². The number of nitrogens with zero attached hydrogens (tertiary/aromatic N) is 2. The third kappa shape index (κ3) is 6.42. The maximum absolute atomic E-state index is 3.83. The minimum Gasteiger partial charge on any atom is -0.313 e. The second-order valence-corrected chi connectivity index (χ2v) is 16.6. The van der Waals surface area contributed by atoms with Gasteiger partial charge >= 0.3 is 0 Å². The summed E-state index contributed by atoms with van der Waals surface area (Å²) in [6, 6.07) is 82.3. The monoisotopic (exact) mass is 818 g/mol. The van der Waals surface area contributed by atoms with Crippen molar-refractivity contribution in [3.8, 4) is 33.4 Å². The molecule has 9 aromatic carbocycles. The van der Waals surface area contributed by atoms with Crippen LogP contribution in [-0.2, 0) is 5.41 Å². The summed E-state index contributed by atoms with van der Waals surface area (Å²) in [7, 11) is 0. The van der Waals surface area contributed by atoms with E-state index in [0.29, 0.717) is 0 Å². The summed E-state index contributed by atoms with van der Waals surface area (Å²) in [5.41, 5.74) is 18.7. The molecular weight excluding hydrogens is 773 g/mol. The van der Waals surface area contributed by atoms with Crippen molar-refractivity contribution < 1.29 is 0 Å². The highest BCUT2D eigenvalue weighted by atomic mass is 15.1. The van der Waals surface area contributed by atoms with Crippen molar-refractivity contribution in [2.75, 3.05) is 4.90 Å². The summed E-state index contributed by atoms with van der Waals surface area (Å²) >= 11 is 0. The van der Waals surface area contributed by atoms with Gasteiger partial charge in [0, 0.05) is 33.5 Å². The Labute approximate surface area is 375 Å². The molecule has 11 rings (SSSR count). The highest BCUT2D eigenvalue weighted by Gasteiger charge is 2.46. The van der Waals surface area contributed by atoms with E-state index in [1.807, 2.05) is 12.2 Å². The Kier molecular flexibility index (Phi) is 9.83. The zero-order chi connectivity index (χ0) is 43.0. The minimum absolute atomic E-state index is 0.489. The molecule has 2 heteroatoms. The van der Waals surface area contributed by atoms with Crippen molar-refractivity contribution >= 4 is 44.6 Å². The number of aromatic nitrogens is 1. The number of hydrogen-bond donors (Lipinski definition) is 0. The summed E-state index contributed by atoms with van der Waals surface area (Å²) in [5, 5.41) is 2.49. The van der Waals surface area contributed by atoms with Gasteiger partial charge in [0.15, 0.2) is 0 Å². The van der Waals surface area contributed by atoms with Crippen molar-refractivity contribution in [3.63, 3.8) is 0 Å². The van der Waals surface area contributed by atoms with Crippen molar-refractivity contribution in [1.82, 2.24) is 4.57 Å². The fourth-order valence-corrected chi connectivity index (χ4v) is 10.2. The molecule has 304 valence electrons. The molecule has 10 aromatic rings. The fourth-order valence-electron chi connectivity index (χ4n) is 10.2. The molecule has 0 saturated heterocycles. The van der Waals surface area contributed by atoms with Crippen LogP contribution in [0, 0.1) is 0 Å². The van der Waals surface area contributed by atoms with Gasteiger partial charge in [-0.1, -0.05) is 195 Å². The molecule has 64 heavy (non-hydrogen) atoms. The first-order chi connectivity index (χ1) is 31.6. The third-order valence-corrected chi connectivity index (χ3v) is 13.0. The van der Waals surface area contributed by atoms with E-state index in [0.717, 1.165) is 28.3 Å². The largest absolute Gasteiger partial charge is 0.313 e. The Bertz CT molecular complexity index is 3350. The molecule has 0 saturated carbocycles. The molecule has 0 radical (unpaired) electrons. The van der Waals surface area contributed by atoms with Gasteiger partial charge < -0.3 is 9.47 Å². The van der Waals surface area contributed by atoms with Gasteiger partial charge in [-0.25, -0.2) is 0 Å². The van der Waals surface area contributed by atoms with Gasteiger partial charge in [0.25, 0.3) is 0 Å². The maximum atomic E-state index is 3.83. The summed E-state index contributed by atoms with van der Waals surface area (Å²) in [6.07, 6.45) is 7.95. The Hall–Kier alpha value is -8.20. The second kappa shape index (κ2) is 16.2. The van der Waals surface area contributed by atoms with Gasteiger partial charge in [0.2, 0.25) is 0 Å². The quantitative estimate of drug-likeness (QED) is 0.125. The number of fused-ring (bicyclic) bond motifs is 6. The highest BCUT2D eigenvalue weighted by Crippen LogP contribution is 2.57. The normalized spacial score (nSPS) is 13.0. The predicted molar refractivity (Wildman–Crippen MR) is 272 cm³/mol. The summed E-state index contributed by atoms with van der Waals surface area (Å²) in [5.74, 6) is 0. The van der Waals surface area contributed by atoms with Crippen molar-refractivity contribution in [1.29, 1.82) is 0 Å². The molecule has 0 unspecified atom stereocenters. The van der Waals surface area contributed by atoms with Crippen LogP contribution in [-0.4, -0.2) is 4.57 Å². The standard InChI is InChI=1S/C62H46N2/c1-3-4-8-20-44(2)63-60-32-18-16-30-56(60)57-42-48(37-40-61(57)63)46-35-33-45(34-36-46)47-21-19-28-52(41-47)64(51-26-13-7-14-27-51)53-38-39-55-54-29-15-17-31-58(54)62(59(55)43-53,49-22-9-5-10-23-49)50-24-11-6-12-25-50/h3-43H,1H2,2H3/b8-4-,44-20+. The van der Waals surface area contributed by atoms with Crippen LogP contribution in [0.1, 0.15) is 29.2 Å². The molecule has 0 N–H and O–H groups in total. The van der Waals surface area contributed by atoms with E-state index in [-0.39, 0.29) is 0 Å². The highest BCUT2D eigenvalue weighted by molar-refractivity contribution is 6.11. The van der Waals surface area contributed by atoms with Crippen LogP contribution in [0.3, 0.4) is 0 Å². The first-order valence-corrected chi connectivity index (χ1v) is 22.0. The molecule has 0 spiro atoms. The van der Waals surface area contributed by atoms with E-state index in [4.69, 9.17) is 0 Å². The van der Waals surface area contributed by atoms with Gasteiger partial charge in [-0.3, -0.25) is 0 Å². The molecule has 1 heterocycles. The van der Waals surface area contributed by atoms with Gasteiger partial charge in [0.05, 0.1) is 16.4 Å². The minimum atomic E-state index is -0.489. The van der Waals surface area contributed by atoms with Crippen LogP contribution in [0.2, 0.25) is 0 Å². The van der Waals surface area contributed by atoms with Crippen LogP contribution < -0.4 is 4.90 Å². The zero-order valence-corrected chi connectivity index (χ0v) is 35.8. The van der Waals surface area contributed by atoms with E-state index < -0.39 is 5.41 Å². The van der Waals surface area contributed by atoms with Crippen LogP contribution in [0.25, 0.3) is 60.9 Å². The average molecular weight is 819 g/mol. The molecule has 0 aliphatic heterocycles. The molecular formula is C62H46N2. The number of anilines is 3. The lowest BCUT2D eigenvalue weighted by molar-refractivity contribution is 0.768. The Balaban J connectivity index is 0.992. The zero-order valence-electron chi connectivity index (χ0n) is 35.8. The predicted octanol–water partition coefficient (Wildman–Crippen LogP) is 16.6. The van der Waals surface area contributed by atoms with Gasteiger partial charge in [-0.2, -0.15) is 0 Å². The summed E-state index contributed by atoms with van der Waals surface area (Å²) in [4.78, 5) is 2.40. The van der Waals surface area contributed by atoms with Crippen LogP contribution in [0.5, 0.6) is 0 Å². The molecule has 0 bridgehead atoms. The lowest BCUT2D eigenvalue weighted by Gasteiger charge is -2.35. The smallest absolute Gasteiger partial charge is 0.0714 e. The van der Waals surface area contributed by atoms with Crippen molar-refractivity contribution in [2.45, 2.75) is 12.3 Å². The Morgan fingerprint density at radius 1 is 0.438 bits per heavy atom. The van der Waals surface area contributed by atoms with Gasteiger partial charge in [-0.15, -0.1) is 0 Å². The van der Waals surface area contributed by atoms with Crippen LogP contribution in [0.15, 0.2) is 255 Å². The number of para-hydroxylation sites is 2. The number of rotatable bonds is 10. The van der Waals surface area contributed by atoms with Crippen molar-refractivity contribution in [2.24, 2.45) is 0 Å². The Morgan fingerprint density at radius 2 is 1.00 bits per heavy atom. The molecule has 2 nitrogen and oxygen atoms in total. The average Bonchev–Trinajstić information content (AvgIpc) is 3.85. The summed E-state index contributed by atoms with van der Waals surface area (Å²) < 4.78 is 2.35. The molecule has 0 fully saturated rings. The SMILES string of the molecule is C=C/C=C\C=C(/C)n1c2ccccc2c2cc(-c3ccc(-c4cccc(N(c5ccccc5)c5ccc6c(c5)C(c5ccccc5)(c5ccccc5)c5ccccc5-6)c4)cc3)ccc21. The fraction of sp³-hybridized carbons (Fsp3) is 0.0323. The molecule has 0 atom stereocenters. The third-order valence-electron chi connectivity index (χ3n) is 13.0. The van der Waals surface area contributed by atoms with E-state index in [2.05, 4.69) is 254 Å². The molecule has 1 aliphatic rings. The van der Waals surface area contributed by atoms with E-state index in [1.54, 1.807) is 6.08 Å². The second-order valence-electron chi connectivity index (χ2n) is 16.6. The number of benzene rings is 9. The number of hydrogen-bond acceptors (Lipinski definition) is 1. The van der Waals surface area contributed by atoms with E-state index >= 15 is 0 Å². The molecule has 1 aromatic heterocycles. The van der Waals surface area contributed by atoms with Crippen molar-refractivity contribution in [3.05, 3.63) is 278 Å². The maximum Gasteiger partial charge on any atom is 0.0714 e. The van der Waals surface area contributed by atoms with Gasteiger partial charge in [0.1, 0.15) is 0 Å². The lowest BCUT2D eigenvalue weighted by atomic mass is 9.67. The topological polar surface area (TPSA) is 8.17 Å². The van der Waals surface area contributed by atoms with Gasteiger partial charge in [-0.05, 0) is 123 Å². The van der Waals surface area contributed by atoms with Crippen LogP contribution in [0.4, 0.5) is 17.1 Å². The first kappa shape index (κ1) is 38.7. The first-order valence-electron chi connectivity index (χ1n) is 22.0. The van der Waals surface area contributed by atoms with E-state index in [9.17, 15) is 0 Å². The molecule has 1 aliphatic carbocycles. The Morgan fingerprint density at radius 3 is 1.72 bits per heavy atom. The lowest BCUT2D eigenvalue weighted by Crippen LogP contribution is -2.28. The van der Waals surface area contributed by atoms with E-state index in [1.165, 1.54) is 71.9 Å². The summed E-state index contributed by atoms with van der Waals surface area (Å²) in [6.45, 7) is 5.99. The number of allylic oxidation sites excluding steroid dienone is 5. The molecule has 0 amide bonds.